The van der Waals surface area contributed by atoms with Gasteiger partial charge in [0.2, 0.25) is 0 Å². The SMILES string of the molecule is CCc1ccccc1.N=C(N=Nc1c(S(=O)(=O)O)cc2ccc(N)cc2c1O)N=C(N)N. The molecule has 0 radical (unpaired) electrons. The quantitative estimate of drug-likeness (QED) is 0.113. The van der Waals surface area contributed by atoms with Crippen molar-refractivity contribution in [2.24, 2.45) is 26.7 Å². The van der Waals surface area contributed by atoms with Crippen LogP contribution in [0.5, 0.6) is 5.75 Å². The molecule has 0 aromatic heterocycles. The summed E-state index contributed by atoms with van der Waals surface area (Å²) in [5, 5.41) is 24.8. The summed E-state index contributed by atoms with van der Waals surface area (Å²) >= 11 is 0. The highest BCUT2D eigenvalue weighted by Gasteiger charge is 2.22. The van der Waals surface area contributed by atoms with Crippen molar-refractivity contribution in [2.45, 2.75) is 18.2 Å². The molecule has 0 fully saturated rings. The minimum absolute atomic E-state index is 0.185. The van der Waals surface area contributed by atoms with Crippen LogP contribution in [0.4, 0.5) is 11.4 Å². The molecule has 0 unspecified atom stereocenters. The van der Waals surface area contributed by atoms with Crippen molar-refractivity contribution in [3.05, 3.63) is 60.2 Å². The number of nitrogens with zero attached hydrogens (tertiary/aromatic N) is 3. The molecule has 3 aromatic rings. The van der Waals surface area contributed by atoms with Gasteiger partial charge in [-0.3, -0.25) is 9.96 Å². The zero-order valence-electron chi connectivity index (χ0n) is 17.1. The number of aromatic hydroxyl groups is 1. The van der Waals surface area contributed by atoms with Gasteiger partial charge in [-0.25, -0.2) is 0 Å². The number of anilines is 1. The Balaban J connectivity index is 0.000000380. The summed E-state index contributed by atoms with van der Waals surface area (Å²) in [5.41, 5.74) is 16.9. The van der Waals surface area contributed by atoms with E-state index >= 15 is 0 Å². The lowest BCUT2D eigenvalue weighted by molar-refractivity contribution is 0.472. The fourth-order valence-electron chi connectivity index (χ4n) is 2.61. The molecule has 0 aliphatic heterocycles. The third-order valence-electron chi connectivity index (χ3n) is 4.09. The molecule has 0 saturated carbocycles. The highest BCUT2D eigenvalue weighted by Crippen LogP contribution is 2.41. The van der Waals surface area contributed by atoms with E-state index in [1.807, 2.05) is 6.07 Å². The zero-order valence-corrected chi connectivity index (χ0v) is 17.9. The van der Waals surface area contributed by atoms with Crippen LogP contribution in [0.25, 0.3) is 10.8 Å². The summed E-state index contributed by atoms with van der Waals surface area (Å²) in [6, 6.07) is 15.9. The van der Waals surface area contributed by atoms with Crippen molar-refractivity contribution in [3.8, 4) is 5.75 Å². The monoisotopic (exact) mass is 457 g/mol. The normalized spacial score (nSPS) is 11.1. The molecule has 12 heteroatoms. The molecule has 0 aliphatic rings. The molecule has 0 spiro atoms. The van der Waals surface area contributed by atoms with Crippen molar-refractivity contribution < 1.29 is 18.1 Å². The molecular weight excluding hydrogens is 434 g/mol. The molecule has 32 heavy (non-hydrogen) atoms. The fourth-order valence-corrected chi connectivity index (χ4v) is 3.27. The zero-order chi connectivity index (χ0) is 23.9. The summed E-state index contributed by atoms with van der Waals surface area (Å²) in [4.78, 5) is 2.58. The molecule has 11 nitrogen and oxygen atoms in total. The Kier molecular flexibility index (Phi) is 7.82. The van der Waals surface area contributed by atoms with Gasteiger partial charge in [-0.1, -0.05) is 43.3 Å². The van der Waals surface area contributed by atoms with Gasteiger partial charge in [-0.15, -0.1) is 10.2 Å². The number of phenols is 1. The molecule has 0 amide bonds. The van der Waals surface area contributed by atoms with Gasteiger partial charge in [-0.05, 0) is 35.6 Å². The Morgan fingerprint density at radius 1 is 1.09 bits per heavy atom. The largest absolute Gasteiger partial charge is 0.505 e. The van der Waals surface area contributed by atoms with Gasteiger partial charge in [0.1, 0.15) is 10.6 Å². The number of hydrogen-bond donors (Lipinski definition) is 6. The third kappa shape index (κ3) is 6.48. The van der Waals surface area contributed by atoms with Crippen LogP contribution in [0.2, 0.25) is 0 Å². The number of benzene rings is 3. The van der Waals surface area contributed by atoms with E-state index in [2.05, 4.69) is 46.4 Å². The smallest absolute Gasteiger partial charge is 0.296 e. The first kappa shape index (κ1) is 24.2. The van der Waals surface area contributed by atoms with Crippen LogP contribution in [0.3, 0.4) is 0 Å². The molecule has 3 aromatic carbocycles. The van der Waals surface area contributed by atoms with Gasteiger partial charge in [-0.2, -0.15) is 13.4 Å². The highest BCUT2D eigenvalue weighted by atomic mass is 32.2. The second-order valence-electron chi connectivity index (χ2n) is 6.43. The average molecular weight is 458 g/mol. The standard InChI is InChI=1S/C12H13N7O4S.C8H10/c13-6-2-1-5-3-8(24(21,22)23)9(10(20)7(5)4-6)18-19-12(16)17-11(14)15;1-2-8-6-4-3-5-7-8/h1-4,20H,13H2,(H,21,22,23)(H5,14,15,16,17);3-7H,2H2,1H3. The van der Waals surface area contributed by atoms with Crippen LogP contribution in [-0.4, -0.2) is 30.0 Å². The first-order chi connectivity index (χ1) is 15.0. The fraction of sp³-hybridized carbons (Fsp3) is 0.100. The molecule has 0 aliphatic carbocycles. The summed E-state index contributed by atoms with van der Waals surface area (Å²) in [5.74, 6) is -1.78. The predicted octanol–water partition coefficient (Wildman–Crippen LogP) is 2.92. The number of rotatable bonds is 3. The molecular formula is C20H23N7O4S. The second kappa shape index (κ2) is 10.3. The van der Waals surface area contributed by atoms with Crippen LogP contribution in [0.1, 0.15) is 12.5 Å². The first-order valence-corrected chi connectivity index (χ1v) is 10.6. The number of aryl methyl sites for hydroxylation is 1. The van der Waals surface area contributed by atoms with Crippen LogP contribution < -0.4 is 17.2 Å². The van der Waals surface area contributed by atoms with Gasteiger partial charge < -0.3 is 22.3 Å². The number of aliphatic imine (C=N–C) groups is 1. The maximum Gasteiger partial charge on any atom is 0.296 e. The van der Waals surface area contributed by atoms with Crippen molar-refractivity contribution in [1.82, 2.24) is 0 Å². The Morgan fingerprint density at radius 3 is 2.28 bits per heavy atom. The molecule has 0 heterocycles. The van der Waals surface area contributed by atoms with Crippen LogP contribution in [0, 0.1) is 5.41 Å². The van der Waals surface area contributed by atoms with Crippen molar-refractivity contribution in [2.75, 3.05) is 5.73 Å². The number of phenolic OH excluding ortho intramolecular Hbond substituents is 1. The minimum atomic E-state index is -4.73. The molecule has 9 N–H and O–H groups in total. The second-order valence-corrected chi connectivity index (χ2v) is 7.82. The van der Waals surface area contributed by atoms with E-state index in [4.69, 9.17) is 22.6 Å². The summed E-state index contributed by atoms with van der Waals surface area (Å²) in [7, 11) is -4.73. The number of fused-ring (bicyclic) bond motifs is 1. The summed E-state index contributed by atoms with van der Waals surface area (Å²) in [6.45, 7) is 2.16. The van der Waals surface area contributed by atoms with Crippen LogP contribution in [-0.2, 0) is 16.5 Å². The van der Waals surface area contributed by atoms with E-state index in [1.165, 1.54) is 23.8 Å². The van der Waals surface area contributed by atoms with E-state index < -0.39 is 38.4 Å². The van der Waals surface area contributed by atoms with Crippen LogP contribution in [0.15, 0.2) is 74.7 Å². The molecule has 0 atom stereocenters. The van der Waals surface area contributed by atoms with Gasteiger partial charge in [0.05, 0.1) is 0 Å². The van der Waals surface area contributed by atoms with Gasteiger partial charge in [0.25, 0.3) is 16.1 Å². The highest BCUT2D eigenvalue weighted by molar-refractivity contribution is 7.86. The first-order valence-electron chi connectivity index (χ1n) is 9.19. The Labute approximate surface area is 184 Å². The Morgan fingerprint density at radius 2 is 1.75 bits per heavy atom. The summed E-state index contributed by atoms with van der Waals surface area (Å²) < 4.78 is 32.4. The summed E-state index contributed by atoms with van der Waals surface area (Å²) in [6.07, 6.45) is 1.14. The molecule has 0 saturated heterocycles. The number of hydrogen-bond acceptors (Lipinski definition) is 6. The van der Waals surface area contributed by atoms with Crippen LogP contribution >= 0.6 is 0 Å². The average Bonchev–Trinajstić information content (AvgIpc) is 2.73. The Bertz CT molecular complexity index is 1290. The lowest BCUT2D eigenvalue weighted by atomic mass is 10.1. The number of azo groups is 1. The third-order valence-corrected chi connectivity index (χ3v) is 4.95. The number of nitrogens with one attached hydrogen (secondary N) is 1. The van der Waals surface area contributed by atoms with E-state index in [9.17, 15) is 18.1 Å². The van der Waals surface area contributed by atoms with Crippen molar-refractivity contribution in [1.29, 1.82) is 5.41 Å². The van der Waals surface area contributed by atoms with Gasteiger partial charge >= 0.3 is 0 Å². The van der Waals surface area contributed by atoms with E-state index in [0.29, 0.717) is 11.1 Å². The number of guanidine groups is 2. The molecule has 3 rings (SSSR count). The number of nitrogens with two attached hydrogens (primary N) is 3. The van der Waals surface area contributed by atoms with E-state index in [0.717, 1.165) is 12.5 Å². The lowest BCUT2D eigenvalue weighted by Gasteiger charge is -2.09. The van der Waals surface area contributed by atoms with Crippen molar-refractivity contribution in [3.63, 3.8) is 0 Å². The maximum absolute atomic E-state index is 11.5. The van der Waals surface area contributed by atoms with Gasteiger partial charge in [0.15, 0.2) is 11.7 Å². The maximum atomic E-state index is 11.5. The predicted molar refractivity (Wildman–Crippen MR) is 124 cm³/mol. The molecule has 168 valence electrons. The van der Waals surface area contributed by atoms with E-state index in [-0.39, 0.29) is 5.39 Å². The minimum Gasteiger partial charge on any atom is -0.505 e. The van der Waals surface area contributed by atoms with E-state index in [1.54, 1.807) is 0 Å². The number of nitrogen functional groups attached to an aromatic ring is 1. The Hall–Kier alpha value is -4.03. The van der Waals surface area contributed by atoms with Crippen molar-refractivity contribution >= 4 is 44.2 Å². The van der Waals surface area contributed by atoms with Gasteiger partial charge in [0, 0.05) is 11.1 Å². The molecule has 0 bridgehead atoms. The lowest BCUT2D eigenvalue weighted by Crippen LogP contribution is -2.23. The topological polar surface area (TPSA) is 214 Å².